The van der Waals surface area contributed by atoms with E-state index in [9.17, 15) is 0 Å². The monoisotopic (exact) mass is 414 g/mol. The maximum Gasteiger partial charge on any atom is 0.358 e. The van der Waals surface area contributed by atoms with Gasteiger partial charge in [0.1, 0.15) is 11.9 Å². The van der Waals surface area contributed by atoms with Crippen molar-refractivity contribution >= 4 is 17.5 Å². The summed E-state index contributed by atoms with van der Waals surface area (Å²) in [6.45, 7) is 10.4. The Morgan fingerprint density at radius 2 is 1.90 bits per heavy atom. The van der Waals surface area contributed by atoms with E-state index in [0.717, 1.165) is 45.3 Å². The van der Waals surface area contributed by atoms with Crippen molar-refractivity contribution in [3.63, 3.8) is 0 Å². The van der Waals surface area contributed by atoms with Crippen molar-refractivity contribution in [3.05, 3.63) is 42.5 Å². The van der Waals surface area contributed by atoms with E-state index in [-0.39, 0.29) is 22.2 Å². The minimum absolute atomic E-state index is 0.0501. The van der Waals surface area contributed by atoms with E-state index < -0.39 is 5.79 Å². The molecule has 0 N–H and O–H groups in total. The van der Waals surface area contributed by atoms with Crippen LogP contribution >= 0.6 is 12.2 Å². The summed E-state index contributed by atoms with van der Waals surface area (Å²) in [7, 11) is 0. The van der Waals surface area contributed by atoms with Crippen molar-refractivity contribution in [2.45, 2.75) is 57.8 Å². The molecule has 4 fully saturated rings. The second-order valence-corrected chi connectivity index (χ2v) is 10.4. The Kier molecular flexibility index (Phi) is 4.57. The Labute approximate surface area is 178 Å². The van der Waals surface area contributed by atoms with Gasteiger partial charge in [0.2, 0.25) is 0 Å². The lowest BCUT2D eigenvalue weighted by Crippen LogP contribution is -2.47. The molecule has 0 aromatic heterocycles. The van der Waals surface area contributed by atoms with Gasteiger partial charge in [-0.15, -0.1) is 0 Å². The summed E-state index contributed by atoms with van der Waals surface area (Å²) < 4.78 is 24.7. The number of thiocarbonyl (C=S) groups is 1. The van der Waals surface area contributed by atoms with Crippen LogP contribution in [0.4, 0.5) is 0 Å². The maximum absolute atomic E-state index is 6.37. The van der Waals surface area contributed by atoms with Crippen LogP contribution in [0.2, 0.25) is 0 Å². The largest absolute Gasteiger partial charge is 0.453 e. The van der Waals surface area contributed by atoms with E-state index in [4.69, 9.17) is 31.2 Å². The average Bonchev–Trinajstić information content (AvgIpc) is 3.26. The zero-order valence-electron chi connectivity index (χ0n) is 17.3. The first-order valence-electron chi connectivity index (χ1n) is 10.7. The number of para-hydroxylation sites is 1. The van der Waals surface area contributed by atoms with Crippen LogP contribution in [-0.4, -0.2) is 30.3 Å². The van der Waals surface area contributed by atoms with E-state index >= 15 is 0 Å². The minimum atomic E-state index is -0.447. The number of hydrogen-bond acceptors (Lipinski definition) is 5. The molecule has 1 heterocycles. The molecule has 1 saturated heterocycles. The fourth-order valence-corrected chi connectivity index (χ4v) is 6.44. The third kappa shape index (κ3) is 3.22. The molecule has 4 aliphatic rings. The lowest BCUT2D eigenvalue weighted by atomic mass is 9.73. The molecule has 3 saturated carbocycles. The third-order valence-corrected chi connectivity index (χ3v) is 7.71. The van der Waals surface area contributed by atoms with Gasteiger partial charge in [-0.05, 0) is 37.3 Å². The van der Waals surface area contributed by atoms with E-state index in [1.54, 1.807) is 0 Å². The number of hydrogen-bond donors (Lipinski definition) is 0. The minimum Gasteiger partial charge on any atom is -0.453 e. The third-order valence-electron chi connectivity index (χ3n) is 7.53. The highest BCUT2D eigenvalue weighted by molar-refractivity contribution is 7.79. The van der Waals surface area contributed by atoms with E-state index in [0.29, 0.717) is 17.6 Å². The van der Waals surface area contributed by atoms with Gasteiger partial charge in [-0.1, -0.05) is 44.2 Å². The molecular weight excluding hydrogens is 384 g/mol. The highest BCUT2D eigenvalue weighted by Crippen LogP contribution is 2.70. The predicted octanol–water partition coefficient (Wildman–Crippen LogP) is 5.27. The summed E-state index contributed by atoms with van der Waals surface area (Å²) in [6, 6.07) is 9.59. The van der Waals surface area contributed by atoms with Gasteiger partial charge in [-0.3, -0.25) is 0 Å². The van der Waals surface area contributed by atoms with E-state index in [1.165, 1.54) is 5.57 Å². The molecule has 2 spiro atoms. The van der Waals surface area contributed by atoms with E-state index in [2.05, 4.69) is 20.4 Å². The lowest BCUT2D eigenvalue weighted by molar-refractivity contribution is -0.299. The van der Waals surface area contributed by atoms with Crippen LogP contribution in [-0.2, 0) is 14.2 Å². The van der Waals surface area contributed by atoms with Crippen molar-refractivity contribution in [3.8, 4) is 5.75 Å². The molecule has 0 bridgehead atoms. The van der Waals surface area contributed by atoms with Gasteiger partial charge in [-0.2, -0.15) is 0 Å². The van der Waals surface area contributed by atoms with Crippen LogP contribution in [0.3, 0.4) is 0 Å². The lowest BCUT2D eigenvalue weighted by Gasteiger charge is -2.43. The van der Waals surface area contributed by atoms with Gasteiger partial charge >= 0.3 is 5.24 Å². The molecular formula is C24H30O4S. The first kappa shape index (κ1) is 19.5. The van der Waals surface area contributed by atoms with Gasteiger partial charge in [0.15, 0.2) is 5.79 Å². The molecule has 1 aliphatic heterocycles. The molecule has 0 unspecified atom stereocenters. The van der Waals surface area contributed by atoms with Crippen LogP contribution in [0.1, 0.15) is 46.0 Å². The molecule has 1 aromatic rings. The number of ether oxygens (including phenoxy) is 4. The van der Waals surface area contributed by atoms with Gasteiger partial charge in [0, 0.05) is 41.8 Å². The molecule has 4 atom stereocenters. The molecule has 5 rings (SSSR count). The summed E-state index contributed by atoms with van der Waals surface area (Å²) >= 11 is 5.42. The Morgan fingerprint density at radius 3 is 2.62 bits per heavy atom. The second-order valence-electron chi connectivity index (χ2n) is 10.1. The molecule has 5 heteroatoms. The fourth-order valence-electron chi connectivity index (χ4n) is 6.23. The molecule has 29 heavy (non-hydrogen) atoms. The van der Waals surface area contributed by atoms with Crippen molar-refractivity contribution in [1.29, 1.82) is 0 Å². The zero-order chi connectivity index (χ0) is 20.3. The molecule has 4 nitrogen and oxygen atoms in total. The maximum atomic E-state index is 6.37. The highest BCUT2D eigenvalue weighted by Gasteiger charge is 2.68. The van der Waals surface area contributed by atoms with Gasteiger partial charge in [0.05, 0.1) is 13.2 Å². The highest BCUT2D eigenvalue weighted by atomic mass is 32.1. The number of benzene rings is 1. The zero-order valence-corrected chi connectivity index (χ0v) is 18.1. The number of allylic oxidation sites excluding steroid dienone is 1. The Bertz CT molecular complexity index is 809. The normalized spacial score (nSPS) is 36.6. The Morgan fingerprint density at radius 1 is 1.17 bits per heavy atom. The van der Waals surface area contributed by atoms with Gasteiger partial charge in [0.25, 0.3) is 0 Å². The molecule has 156 valence electrons. The van der Waals surface area contributed by atoms with Gasteiger partial charge < -0.3 is 18.9 Å². The average molecular weight is 415 g/mol. The summed E-state index contributed by atoms with van der Waals surface area (Å²) in [5, 5.41) is 0.218. The fraction of sp³-hybridized carbons (Fsp3) is 0.625. The molecule has 1 aromatic carbocycles. The molecule has 3 aliphatic carbocycles. The standard InChI is InChI=1S/C24H30O4S/c1-16-9-10-19-20(28-21(29)27-18-7-5-4-6-8-18)11-17-12-23(13-24(16,17)19)25-14-22(2,3)15-26-23/h4-8,17,19-20H,1,9-15H2,2-3H3/t17-,19+,20-,24-/m0/s1. The summed E-state index contributed by atoms with van der Waals surface area (Å²) in [6.07, 6.45) is 5.00. The second kappa shape index (κ2) is 6.79. The Hall–Kier alpha value is -1.43. The van der Waals surface area contributed by atoms with Crippen molar-refractivity contribution < 1.29 is 18.9 Å². The summed E-state index contributed by atoms with van der Waals surface area (Å²) in [5.41, 5.74) is 1.48. The van der Waals surface area contributed by atoms with Crippen molar-refractivity contribution in [1.82, 2.24) is 0 Å². The van der Waals surface area contributed by atoms with Crippen LogP contribution in [0.25, 0.3) is 0 Å². The van der Waals surface area contributed by atoms with Crippen LogP contribution < -0.4 is 4.74 Å². The molecule has 0 radical (unpaired) electrons. The number of rotatable bonds is 2. The summed E-state index contributed by atoms with van der Waals surface area (Å²) in [4.78, 5) is 0. The topological polar surface area (TPSA) is 36.9 Å². The Balaban J connectivity index is 1.31. The summed E-state index contributed by atoms with van der Waals surface area (Å²) in [5.74, 6) is 1.14. The SMILES string of the molecule is C=C1CC[C@@H]2[C@@H](OC(=S)Oc3ccccc3)C[C@H]3CC4(C[C@]132)OCC(C)(C)CO4. The van der Waals surface area contributed by atoms with Crippen LogP contribution in [0, 0.1) is 22.7 Å². The predicted molar refractivity (Wildman–Crippen MR) is 115 cm³/mol. The first-order valence-corrected chi connectivity index (χ1v) is 11.1. The van der Waals surface area contributed by atoms with E-state index in [1.807, 2.05) is 30.3 Å². The van der Waals surface area contributed by atoms with Crippen LogP contribution in [0.15, 0.2) is 42.5 Å². The van der Waals surface area contributed by atoms with Crippen molar-refractivity contribution in [2.24, 2.45) is 22.7 Å². The van der Waals surface area contributed by atoms with Crippen molar-refractivity contribution in [2.75, 3.05) is 13.2 Å². The first-order chi connectivity index (χ1) is 13.8. The quantitative estimate of drug-likeness (QED) is 0.487. The molecule has 0 amide bonds. The van der Waals surface area contributed by atoms with Crippen LogP contribution in [0.5, 0.6) is 5.75 Å². The smallest absolute Gasteiger partial charge is 0.358 e. The van der Waals surface area contributed by atoms with Gasteiger partial charge in [-0.25, -0.2) is 0 Å².